The minimum Gasteiger partial charge on any atom is -0.464 e. The van der Waals surface area contributed by atoms with Gasteiger partial charge in [0, 0.05) is 34.5 Å². The van der Waals surface area contributed by atoms with Crippen molar-refractivity contribution < 1.29 is 37.8 Å². The number of imidazole rings is 2. The van der Waals surface area contributed by atoms with Crippen molar-refractivity contribution in [3.8, 4) is 39.5 Å². The molecule has 388 valence electrons. The van der Waals surface area contributed by atoms with Gasteiger partial charge in [-0.15, -0.1) is 11.3 Å². The number of ether oxygens (including phenoxy) is 3. The van der Waals surface area contributed by atoms with Crippen molar-refractivity contribution in [1.82, 2.24) is 44.9 Å². The SMILES string of the molecule is COC(=O)N[C@H](C(=O)N1CCC[C@H]1c1ncc(-c2cc(F)c3c(c2)OC(c2cc4c(s2)CCC4)n2c-3cc3cc(-c4cnc([C@@H]5CCCN5C(=O)[C@@H](NC(=O)OC)C(C)C)[nH]4)ccc32)[nH]1)C(C)C.S.S.S.S. The Morgan fingerprint density at radius 3 is 1.86 bits per heavy atom. The van der Waals surface area contributed by atoms with Crippen molar-refractivity contribution in [3.63, 3.8) is 0 Å². The van der Waals surface area contributed by atoms with Crippen LogP contribution in [0.5, 0.6) is 5.75 Å². The Morgan fingerprint density at radius 1 is 0.750 bits per heavy atom. The zero-order valence-corrected chi connectivity index (χ0v) is 45.8. The summed E-state index contributed by atoms with van der Waals surface area (Å²) in [6, 6.07) is 11.6. The van der Waals surface area contributed by atoms with Crippen LogP contribution < -0.4 is 15.4 Å². The fourth-order valence-corrected chi connectivity index (χ4v) is 11.7. The molecule has 10 rings (SSSR count). The summed E-state index contributed by atoms with van der Waals surface area (Å²) in [5.41, 5.74) is 6.06. The van der Waals surface area contributed by atoms with E-state index >= 15 is 4.39 Å². The minimum absolute atomic E-state index is 0. The van der Waals surface area contributed by atoms with E-state index in [1.165, 1.54) is 30.7 Å². The van der Waals surface area contributed by atoms with Crippen LogP contribution in [0, 0.1) is 17.7 Å². The molecule has 2 fully saturated rings. The van der Waals surface area contributed by atoms with E-state index in [9.17, 15) is 19.2 Å². The molecule has 72 heavy (non-hydrogen) atoms. The van der Waals surface area contributed by atoms with Gasteiger partial charge in [-0.3, -0.25) is 14.2 Å². The van der Waals surface area contributed by atoms with E-state index in [1.54, 1.807) is 33.5 Å². The third-order valence-corrected chi connectivity index (χ3v) is 15.2. The van der Waals surface area contributed by atoms with E-state index in [1.807, 2.05) is 52.0 Å². The molecule has 0 bridgehead atoms. The van der Waals surface area contributed by atoms with Crippen molar-refractivity contribution in [3.05, 3.63) is 87.6 Å². The Morgan fingerprint density at radius 2 is 1.32 bits per heavy atom. The van der Waals surface area contributed by atoms with Gasteiger partial charge in [0.15, 0.2) is 0 Å². The first-order valence-electron chi connectivity index (χ1n) is 23.5. The molecule has 4 aromatic heterocycles. The highest BCUT2D eigenvalue weighted by molar-refractivity contribution is 7.59. The van der Waals surface area contributed by atoms with Crippen LogP contribution >= 0.6 is 65.3 Å². The third-order valence-electron chi connectivity index (χ3n) is 13.9. The van der Waals surface area contributed by atoms with Crippen molar-refractivity contribution in [2.24, 2.45) is 11.8 Å². The van der Waals surface area contributed by atoms with Crippen LogP contribution in [-0.4, -0.2) is 97.7 Å². The first-order chi connectivity index (χ1) is 32.8. The summed E-state index contributed by atoms with van der Waals surface area (Å²) in [7, 11) is 2.55. The molecular formula is C50H64FN9O7S5. The fraction of sp³-hybridized carbons (Fsp3) is 0.440. The lowest BCUT2D eigenvalue weighted by Crippen LogP contribution is -2.51. The number of H-pyrrole nitrogens is 2. The molecule has 4 amide bonds. The summed E-state index contributed by atoms with van der Waals surface area (Å²) in [6.07, 6.45) is 7.73. The molecule has 0 spiro atoms. The molecule has 3 aliphatic heterocycles. The van der Waals surface area contributed by atoms with Gasteiger partial charge in [-0.1, -0.05) is 33.8 Å². The van der Waals surface area contributed by atoms with Crippen LogP contribution in [0.3, 0.4) is 0 Å². The van der Waals surface area contributed by atoms with Crippen LogP contribution in [-0.2, 0) is 31.9 Å². The maximum absolute atomic E-state index is 16.9. The maximum Gasteiger partial charge on any atom is 0.407 e. The van der Waals surface area contributed by atoms with Gasteiger partial charge in [-0.2, -0.15) is 54.0 Å². The van der Waals surface area contributed by atoms with Crippen LogP contribution in [0.4, 0.5) is 14.0 Å². The van der Waals surface area contributed by atoms with E-state index in [0.29, 0.717) is 59.4 Å². The number of fused-ring (bicyclic) bond motifs is 6. The Bertz CT molecular complexity index is 2930. The number of rotatable bonds is 11. The number of aromatic nitrogens is 5. The molecule has 16 nitrogen and oxygen atoms in total. The first-order valence-corrected chi connectivity index (χ1v) is 24.3. The quantitative estimate of drug-likeness (QED) is 0.0981. The van der Waals surface area contributed by atoms with Gasteiger partial charge in [-0.25, -0.2) is 23.9 Å². The van der Waals surface area contributed by atoms with E-state index in [4.69, 9.17) is 24.2 Å². The van der Waals surface area contributed by atoms with Crippen LogP contribution in [0.15, 0.2) is 54.9 Å². The topological polar surface area (TPSA) is 189 Å². The monoisotopic (exact) mass is 1080 g/mol. The summed E-state index contributed by atoms with van der Waals surface area (Å²) >= 11 is 1.75. The van der Waals surface area contributed by atoms with E-state index < -0.39 is 36.3 Å². The van der Waals surface area contributed by atoms with Crippen molar-refractivity contribution in [1.29, 1.82) is 0 Å². The maximum atomic E-state index is 16.9. The second-order valence-electron chi connectivity index (χ2n) is 18.9. The summed E-state index contributed by atoms with van der Waals surface area (Å²) in [5, 5.41) is 6.29. The number of carbonyl (C=O) groups excluding carboxylic acids is 4. The summed E-state index contributed by atoms with van der Waals surface area (Å²) < 4.78 is 35.5. The van der Waals surface area contributed by atoms with Gasteiger partial charge in [0.05, 0.1) is 71.7 Å². The zero-order valence-electron chi connectivity index (χ0n) is 41.0. The van der Waals surface area contributed by atoms with Gasteiger partial charge < -0.3 is 44.6 Å². The molecule has 4 N–H and O–H groups in total. The minimum atomic E-state index is -0.767. The average Bonchev–Trinajstić information content (AvgIpc) is 4.18. The Hall–Kier alpha value is -5.29. The molecule has 6 aromatic rings. The lowest BCUT2D eigenvalue weighted by molar-refractivity contribution is -0.136. The van der Waals surface area contributed by atoms with Crippen molar-refractivity contribution in [2.75, 3.05) is 27.3 Å². The van der Waals surface area contributed by atoms with Gasteiger partial charge in [0.1, 0.15) is 35.3 Å². The summed E-state index contributed by atoms with van der Waals surface area (Å²) in [5.74, 6) is 0.499. The van der Waals surface area contributed by atoms with Crippen LogP contribution in [0.2, 0.25) is 0 Å². The number of nitrogens with zero attached hydrogens (tertiary/aromatic N) is 5. The highest BCUT2D eigenvalue weighted by Crippen LogP contribution is 2.49. The number of likely N-dealkylation sites (tertiary alicyclic amines) is 2. The standard InChI is InChI=1S/C50H56FN9O7S.4H2S/c1-25(2)42(56-49(63)65-5)46(61)58-16-8-11-35(58)44-52-23-32(54-44)27-14-15-34-30(18-27)20-37-41-31(51)19-29(21-38(41)67-48(60(34)37)40-22-28-10-7-13-39(28)68-40)33-24-53-45(55-33)36-12-9-17-59(36)47(62)43(26(3)4)57-50(64)66-6;;;;/h14-15,18-26,35-36,42-43,48H,7-13,16-17H2,1-6H3,(H,52,54)(H,53,55)(H,56,63)(H,57,64);4*1H2/t35-,36-,42-,43-,48?;;;;/m0..../s1. The van der Waals surface area contributed by atoms with Crippen LogP contribution in [0.1, 0.15) is 105 Å². The molecular weight excluding hydrogens is 1020 g/mol. The Kier molecular flexibility index (Phi) is 17.8. The second kappa shape index (κ2) is 22.9. The molecule has 2 aromatic carbocycles. The van der Waals surface area contributed by atoms with E-state index in [2.05, 4.69) is 37.3 Å². The number of nitrogens with one attached hydrogen (secondary N) is 4. The molecule has 22 heteroatoms. The Labute approximate surface area is 449 Å². The highest BCUT2D eigenvalue weighted by Gasteiger charge is 2.40. The number of alkyl carbamates (subject to hydrolysis) is 2. The molecule has 7 heterocycles. The fourth-order valence-electron chi connectivity index (χ4n) is 10.5. The molecule has 2 saturated heterocycles. The normalized spacial score (nSPS) is 18.4. The molecule has 0 radical (unpaired) electrons. The second-order valence-corrected chi connectivity index (χ2v) is 20.1. The number of benzene rings is 2. The van der Waals surface area contributed by atoms with E-state index in [-0.39, 0.29) is 89.7 Å². The van der Waals surface area contributed by atoms with Gasteiger partial charge in [0.2, 0.25) is 18.0 Å². The number of amides is 4. The lowest BCUT2D eigenvalue weighted by Gasteiger charge is -2.30. The van der Waals surface area contributed by atoms with Gasteiger partial charge in [0.25, 0.3) is 0 Å². The predicted octanol–water partition coefficient (Wildman–Crippen LogP) is 9.26. The molecule has 1 unspecified atom stereocenters. The lowest BCUT2D eigenvalue weighted by atomic mass is 10.0. The average molecular weight is 1080 g/mol. The third kappa shape index (κ3) is 10.3. The van der Waals surface area contributed by atoms with Crippen molar-refractivity contribution >= 4 is 100 Å². The molecule has 0 saturated carbocycles. The van der Waals surface area contributed by atoms with E-state index in [0.717, 1.165) is 65.6 Å². The number of methoxy groups -OCH3 is 2. The number of halogens is 1. The largest absolute Gasteiger partial charge is 0.464 e. The van der Waals surface area contributed by atoms with Crippen LogP contribution in [0.25, 0.3) is 44.7 Å². The smallest absolute Gasteiger partial charge is 0.407 e. The summed E-state index contributed by atoms with van der Waals surface area (Å²) in [6.45, 7) is 8.59. The van der Waals surface area contributed by atoms with Crippen molar-refractivity contribution in [2.45, 2.75) is 103 Å². The Balaban J connectivity index is 0.00000212. The number of hydrogen-bond donors (Lipinski definition) is 4. The number of aryl methyl sites for hydroxylation is 2. The zero-order chi connectivity index (χ0) is 47.5. The first kappa shape index (κ1) is 56.0. The highest BCUT2D eigenvalue weighted by atomic mass is 32.1. The number of carbonyl (C=O) groups is 4. The predicted molar refractivity (Wildman–Crippen MR) is 295 cm³/mol. The number of thiophene rings is 1. The number of hydrogen-bond acceptors (Lipinski definition) is 10. The number of aromatic amines is 2. The molecule has 4 aliphatic rings. The van der Waals surface area contributed by atoms with Gasteiger partial charge >= 0.3 is 12.2 Å². The van der Waals surface area contributed by atoms with Gasteiger partial charge in [-0.05, 0) is 98.7 Å². The molecule has 1 aliphatic carbocycles. The molecule has 5 atom stereocenters. The summed E-state index contributed by atoms with van der Waals surface area (Å²) in [4.78, 5) is 74.2.